The number of hydrogen-bond donors (Lipinski definition) is 3. The van der Waals surface area contributed by atoms with Gasteiger partial charge in [-0.1, -0.05) is 18.2 Å². The zero-order chi connectivity index (χ0) is 13.7. The minimum Gasteiger partial charge on any atom is -0.399 e. The van der Waals surface area contributed by atoms with Gasteiger partial charge in [0.05, 0.1) is 11.9 Å². The molecule has 19 heavy (non-hydrogen) atoms. The fourth-order valence-corrected chi connectivity index (χ4v) is 1.59. The Labute approximate surface area is 116 Å². The molecule has 0 unspecified atom stereocenters. The van der Waals surface area contributed by atoms with Crippen molar-refractivity contribution in [2.75, 3.05) is 5.73 Å². The van der Waals surface area contributed by atoms with Crippen molar-refractivity contribution in [1.29, 1.82) is 0 Å². The Balaban J connectivity index is 2.14. The maximum absolute atomic E-state index is 5.75. The van der Waals surface area contributed by atoms with E-state index in [2.05, 4.69) is 27.7 Å². The average Bonchev–Trinajstić information content (AvgIpc) is 2.39. The smallest absolute Gasteiger partial charge is 0.184 e. The molecule has 1 aromatic carbocycles. The van der Waals surface area contributed by atoms with E-state index in [1.165, 1.54) is 0 Å². The number of thiocarbonyl (C=S) groups is 1. The zero-order valence-electron chi connectivity index (χ0n) is 10.1. The van der Waals surface area contributed by atoms with Gasteiger partial charge < -0.3 is 11.5 Å². The van der Waals surface area contributed by atoms with Crippen LogP contribution in [0.15, 0.2) is 47.7 Å². The Hall–Kier alpha value is -2.47. The molecule has 0 atom stereocenters. The van der Waals surface area contributed by atoms with Gasteiger partial charge in [0.15, 0.2) is 5.11 Å². The van der Waals surface area contributed by atoms with Crippen molar-refractivity contribution in [3.05, 3.63) is 48.3 Å². The van der Waals surface area contributed by atoms with Crippen LogP contribution in [0.5, 0.6) is 0 Å². The summed E-state index contributed by atoms with van der Waals surface area (Å²) >= 11 is 4.63. The summed E-state index contributed by atoms with van der Waals surface area (Å²) in [6.07, 6.45) is 3.30. The normalized spacial score (nSPS) is 10.5. The highest BCUT2D eigenvalue weighted by atomic mass is 32.1. The summed E-state index contributed by atoms with van der Waals surface area (Å²) < 4.78 is 0. The lowest BCUT2D eigenvalue weighted by molar-refractivity contribution is 1.04. The molecule has 1 heterocycles. The number of aromatic nitrogens is 1. The first-order chi connectivity index (χ1) is 9.15. The number of nitrogens with one attached hydrogen (secondary N) is 1. The molecule has 5 nitrogen and oxygen atoms in total. The minimum atomic E-state index is 0.118. The Morgan fingerprint density at radius 1 is 1.26 bits per heavy atom. The molecule has 5 N–H and O–H groups in total. The molecular formula is C13H13N5S. The van der Waals surface area contributed by atoms with E-state index in [0.717, 1.165) is 16.8 Å². The summed E-state index contributed by atoms with van der Waals surface area (Å²) in [6, 6.07) is 11.4. The second kappa shape index (κ2) is 5.92. The van der Waals surface area contributed by atoms with Gasteiger partial charge in [0.1, 0.15) is 0 Å². The predicted molar refractivity (Wildman–Crippen MR) is 81.6 cm³/mol. The highest BCUT2D eigenvalue weighted by Gasteiger charge is 1.98. The minimum absolute atomic E-state index is 0.118. The van der Waals surface area contributed by atoms with Gasteiger partial charge in [-0.25, -0.2) is 0 Å². The number of pyridine rings is 1. The lowest BCUT2D eigenvalue weighted by atomic mass is 10.1. The molecule has 1 aromatic heterocycles. The van der Waals surface area contributed by atoms with Crippen LogP contribution in [0.4, 0.5) is 5.69 Å². The molecule has 0 saturated heterocycles. The molecule has 0 spiro atoms. The second-order valence-electron chi connectivity index (χ2n) is 3.83. The van der Waals surface area contributed by atoms with Crippen LogP contribution >= 0.6 is 12.2 Å². The fraction of sp³-hybridized carbons (Fsp3) is 0. The van der Waals surface area contributed by atoms with Crippen LogP contribution < -0.4 is 16.9 Å². The summed E-state index contributed by atoms with van der Waals surface area (Å²) in [5.74, 6) is 0. The van der Waals surface area contributed by atoms with E-state index in [-0.39, 0.29) is 5.11 Å². The van der Waals surface area contributed by atoms with Crippen LogP contribution in [0.1, 0.15) is 5.69 Å². The summed E-state index contributed by atoms with van der Waals surface area (Å²) in [4.78, 5) is 4.27. The van der Waals surface area contributed by atoms with Gasteiger partial charge in [0.25, 0.3) is 0 Å². The number of hydrazone groups is 1. The Morgan fingerprint density at radius 2 is 2.11 bits per heavy atom. The molecule has 0 bridgehead atoms. The second-order valence-corrected chi connectivity index (χ2v) is 4.27. The fourth-order valence-electron chi connectivity index (χ4n) is 1.53. The van der Waals surface area contributed by atoms with Gasteiger partial charge >= 0.3 is 0 Å². The summed E-state index contributed by atoms with van der Waals surface area (Å²) in [6.45, 7) is 0. The SMILES string of the molecule is NC(=S)N/N=C\c1ccc(-c2cccc(N)c2)cn1. The van der Waals surface area contributed by atoms with Crippen LogP contribution in [0.2, 0.25) is 0 Å². The number of rotatable bonds is 3. The lowest BCUT2D eigenvalue weighted by Gasteiger charge is -2.02. The summed E-state index contributed by atoms with van der Waals surface area (Å²) in [5, 5.41) is 3.95. The van der Waals surface area contributed by atoms with Crippen molar-refractivity contribution in [3.8, 4) is 11.1 Å². The number of benzene rings is 1. The van der Waals surface area contributed by atoms with Gasteiger partial charge in [-0.15, -0.1) is 0 Å². The molecule has 0 aliphatic heterocycles. The van der Waals surface area contributed by atoms with Crippen LogP contribution in [-0.4, -0.2) is 16.3 Å². The number of anilines is 1. The van der Waals surface area contributed by atoms with Crippen molar-refractivity contribution in [3.63, 3.8) is 0 Å². The third-order valence-electron chi connectivity index (χ3n) is 2.38. The summed E-state index contributed by atoms with van der Waals surface area (Å²) in [7, 11) is 0. The van der Waals surface area contributed by atoms with E-state index in [4.69, 9.17) is 11.5 Å². The molecule has 0 saturated carbocycles. The van der Waals surface area contributed by atoms with E-state index in [1.807, 2.05) is 36.4 Å². The first-order valence-corrected chi connectivity index (χ1v) is 5.96. The van der Waals surface area contributed by atoms with E-state index in [0.29, 0.717) is 5.69 Å². The molecule has 96 valence electrons. The van der Waals surface area contributed by atoms with Gasteiger partial charge in [-0.05, 0) is 36.0 Å². The van der Waals surface area contributed by atoms with E-state index < -0.39 is 0 Å². The van der Waals surface area contributed by atoms with Crippen molar-refractivity contribution >= 4 is 29.2 Å². The third-order valence-corrected chi connectivity index (χ3v) is 2.47. The topological polar surface area (TPSA) is 89.3 Å². The molecule has 2 aromatic rings. The first kappa shape index (κ1) is 13.0. The van der Waals surface area contributed by atoms with Gasteiger partial charge in [-0.3, -0.25) is 10.4 Å². The molecule has 0 fully saturated rings. The van der Waals surface area contributed by atoms with Crippen molar-refractivity contribution in [2.24, 2.45) is 10.8 Å². The number of nitrogens with two attached hydrogens (primary N) is 2. The molecule has 6 heteroatoms. The lowest BCUT2D eigenvalue weighted by Crippen LogP contribution is -2.24. The standard InChI is InChI=1S/C13H13N5S/c14-11-3-1-2-9(6-11)10-4-5-12(16-7-10)8-17-18-13(15)19/h1-8H,14H2,(H3,15,18,19)/b17-8-. The van der Waals surface area contributed by atoms with Crippen molar-refractivity contribution in [1.82, 2.24) is 10.4 Å². The molecule has 0 aliphatic rings. The first-order valence-electron chi connectivity index (χ1n) is 5.55. The zero-order valence-corrected chi connectivity index (χ0v) is 10.9. The number of hydrogen-bond acceptors (Lipinski definition) is 4. The van der Waals surface area contributed by atoms with Crippen LogP contribution in [0.3, 0.4) is 0 Å². The predicted octanol–water partition coefficient (Wildman–Crippen LogP) is 1.50. The molecule has 0 aliphatic carbocycles. The van der Waals surface area contributed by atoms with Gasteiger partial charge in [0.2, 0.25) is 0 Å². The molecular weight excluding hydrogens is 258 g/mol. The molecule has 0 amide bonds. The Morgan fingerprint density at radius 3 is 2.74 bits per heavy atom. The maximum atomic E-state index is 5.75. The van der Waals surface area contributed by atoms with Crippen molar-refractivity contribution in [2.45, 2.75) is 0 Å². The highest BCUT2D eigenvalue weighted by molar-refractivity contribution is 7.80. The largest absolute Gasteiger partial charge is 0.399 e. The van der Waals surface area contributed by atoms with Crippen LogP contribution in [-0.2, 0) is 0 Å². The number of nitrogens with zero attached hydrogens (tertiary/aromatic N) is 2. The van der Waals surface area contributed by atoms with E-state index >= 15 is 0 Å². The third kappa shape index (κ3) is 3.75. The van der Waals surface area contributed by atoms with Crippen LogP contribution in [0, 0.1) is 0 Å². The van der Waals surface area contributed by atoms with Crippen molar-refractivity contribution < 1.29 is 0 Å². The number of nitrogen functional groups attached to an aromatic ring is 1. The van der Waals surface area contributed by atoms with Crippen LogP contribution in [0.25, 0.3) is 11.1 Å². The van der Waals surface area contributed by atoms with Gasteiger partial charge in [-0.2, -0.15) is 5.10 Å². The Bertz CT molecular complexity index is 607. The quantitative estimate of drug-likeness (QED) is 0.341. The maximum Gasteiger partial charge on any atom is 0.184 e. The van der Waals surface area contributed by atoms with E-state index in [1.54, 1.807) is 12.4 Å². The molecule has 0 radical (unpaired) electrons. The van der Waals surface area contributed by atoms with Gasteiger partial charge in [0, 0.05) is 17.4 Å². The Kier molecular flexibility index (Phi) is 4.04. The molecule has 2 rings (SSSR count). The average molecular weight is 271 g/mol. The monoisotopic (exact) mass is 271 g/mol. The highest BCUT2D eigenvalue weighted by Crippen LogP contribution is 2.20. The summed E-state index contributed by atoms with van der Waals surface area (Å²) in [5.41, 5.74) is 16.9. The van der Waals surface area contributed by atoms with E-state index in [9.17, 15) is 0 Å².